The molecule has 0 atom stereocenters. The van der Waals surface area contributed by atoms with Crippen LogP contribution >= 0.6 is 0 Å². The molecule has 1 aromatic carbocycles. The van der Waals surface area contributed by atoms with E-state index in [4.69, 9.17) is 4.74 Å². The minimum absolute atomic E-state index is 0.135. The Morgan fingerprint density at radius 3 is 2.89 bits per heavy atom. The number of amides is 1. The third-order valence-electron chi connectivity index (χ3n) is 2.26. The summed E-state index contributed by atoms with van der Waals surface area (Å²) in [5.74, 6) is -0.699. The predicted molar refractivity (Wildman–Crippen MR) is 67.6 cm³/mol. The Labute approximate surface area is 108 Å². The van der Waals surface area contributed by atoms with E-state index in [0.717, 1.165) is 0 Å². The van der Waals surface area contributed by atoms with E-state index in [-0.39, 0.29) is 18.0 Å². The summed E-state index contributed by atoms with van der Waals surface area (Å²) in [6.07, 6.45) is 1.46. The molecule has 0 spiro atoms. The summed E-state index contributed by atoms with van der Waals surface area (Å²) in [6, 6.07) is 8.51. The van der Waals surface area contributed by atoms with Gasteiger partial charge in [0.1, 0.15) is 17.3 Å². The van der Waals surface area contributed by atoms with Gasteiger partial charge in [0.15, 0.2) is 6.61 Å². The molecule has 0 fully saturated rings. The van der Waals surface area contributed by atoms with Crippen molar-refractivity contribution in [2.45, 2.75) is 0 Å². The van der Waals surface area contributed by atoms with E-state index in [2.05, 4.69) is 10.3 Å². The summed E-state index contributed by atoms with van der Waals surface area (Å²) in [7, 11) is 0. The number of rotatable bonds is 4. The van der Waals surface area contributed by atoms with Gasteiger partial charge in [0.05, 0.1) is 0 Å². The molecule has 0 aliphatic rings. The van der Waals surface area contributed by atoms with Gasteiger partial charge in [-0.25, -0.2) is 4.39 Å². The van der Waals surface area contributed by atoms with Gasteiger partial charge in [0, 0.05) is 12.3 Å². The van der Waals surface area contributed by atoms with Crippen LogP contribution in [-0.4, -0.2) is 17.5 Å². The highest BCUT2D eigenvalue weighted by molar-refractivity contribution is 5.91. The topological polar surface area (TPSA) is 71.2 Å². The van der Waals surface area contributed by atoms with Gasteiger partial charge in [0.2, 0.25) is 0 Å². The second-order valence-electron chi connectivity index (χ2n) is 3.71. The molecule has 0 unspecified atom stereocenters. The maximum atomic E-state index is 12.9. The monoisotopic (exact) mass is 262 g/mol. The molecule has 5 nitrogen and oxygen atoms in total. The Bertz CT molecular complexity index is 640. The average Bonchev–Trinajstić information content (AvgIpc) is 2.39. The lowest BCUT2D eigenvalue weighted by molar-refractivity contribution is -0.118. The Morgan fingerprint density at radius 2 is 2.16 bits per heavy atom. The van der Waals surface area contributed by atoms with Crippen LogP contribution in [0.25, 0.3) is 0 Å². The third-order valence-corrected chi connectivity index (χ3v) is 2.26. The molecule has 0 radical (unpaired) electrons. The molecule has 1 amide bonds. The second-order valence-corrected chi connectivity index (χ2v) is 3.71. The molecule has 2 aromatic rings. The van der Waals surface area contributed by atoms with E-state index in [9.17, 15) is 14.0 Å². The van der Waals surface area contributed by atoms with Crippen LogP contribution in [0.2, 0.25) is 0 Å². The van der Waals surface area contributed by atoms with Crippen molar-refractivity contribution in [3.8, 4) is 5.75 Å². The van der Waals surface area contributed by atoms with Gasteiger partial charge < -0.3 is 15.0 Å². The number of carbonyl (C=O) groups is 1. The largest absolute Gasteiger partial charge is 0.484 e. The van der Waals surface area contributed by atoms with E-state index in [0.29, 0.717) is 0 Å². The van der Waals surface area contributed by atoms with Crippen LogP contribution in [0.4, 0.5) is 10.1 Å². The maximum Gasteiger partial charge on any atom is 0.271 e. The van der Waals surface area contributed by atoms with Gasteiger partial charge in [-0.15, -0.1) is 0 Å². The number of carbonyl (C=O) groups excluding carboxylic acids is 1. The molecule has 1 heterocycles. The van der Waals surface area contributed by atoms with Crippen molar-refractivity contribution in [1.82, 2.24) is 4.98 Å². The van der Waals surface area contributed by atoms with E-state index >= 15 is 0 Å². The number of ether oxygens (including phenoxy) is 1. The first-order valence-corrected chi connectivity index (χ1v) is 5.51. The number of halogens is 1. The first-order chi connectivity index (χ1) is 9.15. The summed E-state index contributed by atoms with van der Waals surface area (Å²) in [5.41, 5.74) is -0.267. The molecule has 2 rings (SSSR count). The first kappa shape index (κ1) is 12.8. The molecule has 19 heavy (non-hydrogen) atoms. The molecule has 1 aromatic heterocycles. The van der Waals surface area contributed by atoms with Crippen LogP contribution in [0.3, 0.4) is 0 Å². The van der Waals surface area contributed by atoms with E-state index in [1.165, 1.54) is 36.5 Å². The van der Waals surface area contributed by atoms with Gasteiger partial charge in [-0.2, -0.15) is 0 Å². The summed E-state index contributed by atoms with van der Waals surface area (Å²) in [6.45, 7) is -0.308. The molecule has 0 aliphatic heterocycles. The summed E-state index contributed by atoms with van der Waals surface area (Å²) < 4.78 is 18.0. The minimum Gasteiger partial charge on any atom is -0.484 e. The molecule has 2 N–H and O–H groups in total. The number of hydrogen-bond acceptors (Lipinski definition) is 3. The van der Waals surface area contributed by atoms with Crippen molar-refractivity contribution < 1.29 is 13.9 Å². The van der Waals surface area contributed by atoms with Crippen molar-refractivity contribution in [3.05, 3.63) is 58.8 Å². The molecule has 0 saturated heterocycles. The lowest BCUT2D eigenvalue weighted by atomic mass is 10.3. The number of aromatic amines is 1. The third kappa shape index (κ3) is 3.67. The fourth-order valence-corrected chi connectivity index (χ4v) is 1.41. The number of H-pyrrole nitrogens is 1. The van der Waals surface area contributed by atoms with Crippen LogP contribution in [0, 0.1) is 5.82 Å². The van der Waals surface area contributed by atoms with Gasteiger partial charge in [-0.1, -0.05) is 6.07 Å². The molecular formula is C13H11FN2O3. The van der Waals surface area contributed by atoms with Crippen LogP contribution in [0.1, 0.15) is 0 Å². The molecule has 6 heteroatoms. The van der Waals surface area contributed by atoms with Gasteiger partial charge in [-0.3, -0.25) is 9.59 Å². The number of aromatic nitrogens is 1. The first-order valence-electron chi connectivity index (χ1n) is 5.51. The van der Waals surface area contributed by atoms with E-state index in [1.807, 2.05) is 0 Å². The van der Waals surface area contributed by atoms with Gasteiger partial charge in [-0.05, 0) is 24.3 Å². The lowest BCUT2D eigenvalue weighted by Crippen LogP contribution is -2.24. The maximum absolute atomic E-state index is 12.9. The fraction of sp³-hybridized carbons (Fsp3) is 0.0769. The highest BCUT2D eigenvalue weighted by Gasteiger charge is 2.06. The number of hydrogen-bond donors (Lipinski definition) is 2. The lowest BCUT2D eigenvalue weighted by Gasteiger charge is -2.06. The Balaban J connectivity index is 1.92. The zero-order valence-corrected chi connectivity index (χ0v) is 9.85. The smallest absolute Gasteiger partial charge is 0.271 e. The van der Waals surface area contributed by atoms with Gasteiger partial charge in [0.25, 0.3) is 11.5 Å². The van der Waals surface area contributed by atoms with Crippen LogP contribution in [0.5, 0.6) is 5.75 Å². The van der Waals surface area contributed by atoms with E-state index < -0.39 is 17.3 Å². The van der Waals surface area contributed by atoms with Gasteiger partial charge >= 0.3 is 0 Å². The highest BCUT2D eigenvalue weighted by Crippen LogP contribution is 2.11. The Kier molecular flexibility index (Phi) is 3.92. The second kappa shape index (κ2) is 5.81. The van der Waals surface area contributed by atoms with Crippen LogP contribution in [0.15, 0.2) is 47.4 Å². The molecule has 98 valence electrons. The van der Waals surface area contributed by atoms with Crippen molar-refractivity contribution in [2.75, 3.05) is 11.9 Å². The van der Waals surface area contributed by atoms with Crippen LogP contribution < -0.4 is 15.6 Å². The van der Waals surface area contributed by atoms with Crippen molar-refractivity contribution in [3.63, 3.8) is 0 Å². The molecule has 0 saturated carbocycles. The van der Waals surface area contributed by atoms with Crippen LogP contribution in [-0.2, 0) is 4.79 Å². The zero-order chi connectivity index (χ0) is 13.7. The summed E-state index contributed by atoms with van der Waals surface area (Å²) >= 11 is 0. The quantitative estimate of drug-likeness (QED) is 0.877. The number of pyridine rings is 1. The Morgan fingerprint density at radius 1 is 1.32 bits per heavy atom. The normalized spacial score (nSPS) is 9.95. The molecular weight excluding hydrogens is 251 g/mol. The van der Waals surface area contributed by atoms with Crippen molar-refractivity contribution in [2.24, 2.45) is 0 Å². The van der Waals surface area contributed by atoms with Crippen molar-refractivity contribution in [1.29, 1.82) is 0 Å². The molecule has 0 aliphatic carbocycles. The standard InChI is InChI=1S/C13H11FN2O3/c14-9-3-1-4-10(7-9)19-8-12(17)16-11-5-2-6-15-13(11)18/h1-7H,8H2,(H,15,18)(H,16,17). The average molecular weight is 262 g/mol. The number of benzene rings is 1. The fourth-order valence-electron chi connectivity index (χ4n) is 1.41. The van der Waals surface area contributed by atoms with Crippen molar-refractivity contribution >= 4 is 11.6 Å². The summed E-state index contributed by atoms with van der Waals surface area (Å²) in [5, 5.41) is 2.39. The Hall–Kier alpha value is -2.63. The summed E-state index contributed by atoms with van der Waals surface area (Å²) in [4.78, 5) is 25.3. The number of anilines is 1. The predicted octanol–water partition coefficient (Wildman–Crippen LogP) is 1.53. The SMILES string of the molecule is O=C(COc1cccc(F)c1)Nc1ccc[nH]c1=O. The minimum atomic E-state index is -0.499. The highest BCUT2D eigenvalue weighted by atomic mass is 19.1. The zero-order valence-electron chi connectivity index (χ0n) is 9.85. The molecule has 0 bridgehead atoms. The number of nitrogens with one attached hydrogen (secondary N) is 2. The van der Waals surface area contributed by atoms with E-state index in [1.54, 1.807) is 6.07 Å².